The van der Waals surface area contributed by atoms with E-state index in [2.05, 4.69) is 6.92 Å². The van der Waals surface area contributed by atoms with E-state index >= 15 is 0 Å². The molecule has 2 aliphatic heterocycles. The summed E-state index contributed by atoms with van der Waals surface area (Å²) in [6.45, 7) is 2.56. The third-order valence-corrected chi connectivity index (χ3v) is 4.11. The number of fused-ring (bicyclic) bond motifs is 1. The summed E-state index contributed by atoms with van der Waals surface area (Å²) < 4.78 is 22.9. The van der Waals surface area contributed by atoms with E-state index < -0.39 is 6.29 Å². The lowest BCUT2D eigenvalue weighted by molar-refractivity contribution is -0.330. The summed E-state index contributed by atoms with van der Waals surface area (Å²) in [5, 5.41) is 0. The molecule has 20 heavy (non-hydrogen) atoms. The zero-order valence-electron chi connectivity index (χ0n) is 11.8. The highest BCUT2D eigenvalue weighted by Crippen LogP contribution is 2.36. The molecule has 5 heteroatoms. The number of rotatable bonds is 2. The maximum Gasteiger partial charge on any atom is 0.184 e. The third-order valence-electron chi connectivity index (χ3n) is 4.11. The fraction of sp³-hybridized carbons (Fsp3) is 0.600. The highest BCUT2D eigenvalue weighted by molar-refractivity contribution is 5.16. The number of benzene rings is 1. The van der Waals surface area contributed by atoms with Gasteiger partial charge < -0.3 is 24.7 Å². The van der Waals surface area contributed by atoms with Gasteiger partial charge in [-0.2, -0.15) is 0 Å². The second-order valence-electron chi connectivity index (χ2n) is 5.39. The van der Waals surface area contributed by atoms with E-state index in [1.807, 2.05) is 30.3 Å². The first kappa shape index (κ1) is 14.0. The van der Waals surface area contributed by atoms with Crippen molar-refractivity contribution in [3.8, 4) is 0 Å². The summed E-state index contributed by atoms with van der Waals surface area (Å²) in [6, 6.07) is 9.72. The third kappa shape index (κ3) is 2.47. The Bertz CT molecular complexity index is 439. The van der Waals surface area contributed by atoms with Gasteiger partial charge in [-0.1, -0.05) is 37.3 Å². The van der Waals surface area contributed by atoms with Crippen LogP contribution >= 0.6 is 0 Å². The van der Waals surface area contributed by atoms with Crippen molar-refractivity contribution in [1.29, 1.82) is 0 Å². The molecule has 0 aliphatic carbocycles. The van der Waals surface area contributed by atoms with Gasteiger partial charge in [-0.25, -0.2) is 0 Å². The fourth-order valence-corrected chi connectivity index (χ4v) is 2.85. The van der Waals surface area contributed by atoms with Crippen LogP contribution in [0.4, 0.5) is 0 Å². The molecule has 1 aromatic carbocycles. The Morgan fingerprint density at radius 1 is 1.20 bits per heavy atom. The topological polar surface area (TPSA) is 62.9 Å². The lowest BCUT2D eigenvalue weighted by Crippen LogP contribution is -2.61. The maximum atomic E-state index is 6.15. The monoisotopic (exact) mass is 279 g/mol. The van der Waals surface area contributed by atoms with E-state index in [4.69, 9.17) is 24.7 Å². The van der Waals surface area contributed by atoms with Crippen LogP contribution in [0.25, 0.3) is 0 Å². The second-order valence-corrected chi connectivity index (χ2v) is 5.39. The lowest BCUT2D eigenvalue weighted by atomic mass is 9.88. The predicted octanol–water partition coefficient (Wildman–Crippen LogP) is 1.44. The SMILES string of the molecule is CO[C@H]1OC2COC(c3ccccc3)O[C@H]2[C@H](C)C1N. The molecule has 0 amide bonds. The number of ether oxygens (including phenoxy) is 4. The number of nitrogens with two attached hydrogens (primary N) is 1. The van der Waals surface area contributed by atoms with Gasteiger partial charge in [0.1, 0.15) is 6.10 Å². The van der Waals surface area contributed by atoms with Crippen molar-refractivity contribution in [2.75, 3.05) is 13.7 Å². The molecular weight excluding hydrogens is 258 g/mol. The normalized spacial score (nSPS) is 41.1. The largest absolute Gasteiger partial charge is 0.354 e. The first-order valence-corrected chi connectivity index (χ1v) is 6.96. The van der Waals surface area contributed by atoms with Crippen LogP contribution in [0.5, 0.6) is 0 Å². The van der Waals surface area contributed by atoms with Gasteiger partial charge in [-0.15, -0.1) is 0 Å². The minimum absolute atomic E-state index is 0.0737. The Morgan fingerprint density at radius 2 is 1.95 bits per heavy atom. The first-order chi connectivity index (χ1) is 9.70. The molecular formula is C15H21NO4. The molecule has 2 fully saturated rings. The van der Waals surface area contributed by atoms with Crippen LogP contribution < -0.4 is 5.73 Å². The molecule has 2 saturated heterocycles. The van der Waals surface area contributed by atoms with Crippen LogP contribution in [0, 0.1) is 5.92 Å². The minimum Gasteiger partial charge on any atom is -0.354 e. The number of hydrogen-bond donors (Lipinski definition) is 1. The Morgan fingerprint density at radius 3 is 2.65 bits per heavy atom. The molecule has 0 radical (unpaired) electrons. The molecule has 3 rings (SSSR count). The average molecular weight is 279 g/mol. The van der Waals surface area contributed by atoms with Crippen molar-refractivity contribution < 1.29 is 18.9 Å². The Labute approximate surface area is 118 Å². The van der Waals surface area contributed by atoms with Crippen LogP contribution in [-0.2, 0) is 18.9 Å². The van der Waals surface area contributed by atoms with Crippen molar-refractivity contribution in [3.63, 3.8) is 0 Å². The summed E-state index contributed by atoms with van der Waals surface area (Å²) in [5.74, 6) is 0.147. The molecule has 0 spiro atoms. The Balaban J connectivity index is 1.74. The van der Waals surface area contributed by atoms with Crippen molar-refractivity contribution >= 4 is 0 Å². The highest BCUT2D eigenvalue weighted by atomic mass is 16.7. The summed E-state index contributed by atoms with van der Waals surface area (Å²) in [5.41, 5.74) is 7.17. The zero-order valence-corrected chi connectivity index (χ0v) is 11.8. The van der Waals surface area contributed by atoms with Crippen molar-refractivity contribution in [2.24, 2.45) is 11.7 Å². The van der Waals surface area contributed by atoms with Gasteiger partial charge in [-0.3, -0.25) is 0 Å². The second kappa shape index (κ2) is 5.79. The highest BCUT2D eigenvalue weighted by Gasteiger charge is 2.46. The summed E-state index contributed by atoms with van der Waals surface area (Å²) in [4.78, 5) is 0. The average Bonchev–Trinajstić information content (AvgIpc) is 2.51. The predicted molar refractivity (Wildman–Crippen MR) is 72.8 cm³/mol. The van der Waals surface area contributed by atoms with Crippen LogP contribution in [-0.4, -0.2) is 38.3 Å². The van der Waals surface area contributed by atoms with Gasteiger partial charge in [0.25, 0.3) is 0 Å². The zero-order chi connectivity index (χ0) is 14.1. The molecule has 2 N–H and O–H groups in total. The minimum atomic E-state index is -0.397. The van der Waals surface area contributed by atoms with E-state index in [-0.39, 0.29) is 30.5 Å². The molecule has 1 aromatic rings. The Kier molecular flexibility index (Phi) is 4.05. The molecule has 5 nitrogen and oxygen atoms in total. The molecule has 0 aromatic heterocycles. The van der Waals surface area contributed by atoms with Gasteiger partial charge in [0.15, 0.2) is 12.6 Å². The quantitative estimate of drug-likeness (QED) is 0.887. The molecule has 0 saturated carbocycles. The lowest BCUT2D eigenvalue weighted by Gasteiger charge is -2.47. The standard InChI is InChI=1S/C15H21NO4/c1-9-12(16)15(17-2)19-11-8-18-14(20-13(9)11)10-6-4-3-5-7-10/h3-7,9,11-15H,8,16H2,1-2H3/t9-,11?,12?,13+,14?,15+/m1/s1. The fourth-order valence-electron chi connectivity index (χ4n) is 2.85. The van der Waals surface area contributed by atoms with Crippen molar-refractivity contribution in [1.82, 2.24) is 0 Å². The van der Waals surface area contributed by atoms with Gasteiger partial charge in [0, 0.05) is 18.6 Å². The van der Waals surface area contributed by atoms with Crippen molar-refractivity contribution in [2.45, 2.75) is 37.8 Å². The van der Waals surface area contributed by atoms with E-state index in [1.54, 1.807) is 7.11 Å². The van der Waals surface area contributed by atoms with Gasteiger partial charge in [0.05, 0.1) is 18.8 Å². The maximum absolute atomic E-state index is 6.15. The van der Waals surface area contributed by atoms with E-state index in [9.17, 15) is 0 Å². The Hall–Kier alpha value is -0.980. The van der Waals surface area contributed by atoms with Crippen LogP contribution in [0.3, 0.4) is 0 Å². The van der Waals surface area contributed by atoms with Crippen LogP contribution in [0.1, 0.15) is 18.8 Å². The van der Waals surface area contributed by atoms with E-state index in [0.717, 1.165) is 5.56 Å². The van der Waals surface area contributed by atoms with Gasteiger partial charge >= 0.3 is 0 Å². The van der Waals surface area contributed by atoms with E-state index in [1.165, 1.54) is 0 Å². The van der Waals surface area contributed by atoms with Crippen molar-refractivity contribution in [3.05, 3.63) is 35.9 Å². The van der Waals surface area contributed by atoms with Crippen LogP contribution in [0.2, 0.25) is 0 Å². The summed E-state index contributed by atoms with van der Waals surface area (Å²) in [6.07, 6.45) is -0.952. The molecule has 2 aliphatic rings. The molecule has 3 unspecified atom stereocenters. The molecule has 110 valence electrons. The van der Waals surface area contributed by atoms with Crippen LogP contribution in [0.15, 0.2) is 30.3 Å². The summed E-state index contributed by atoms with van der Waals surface area (Å²) >= 11 is 0. The van der Waals surface area contributed by atoms with Gasteiger partial charge in [-0.05, 0) is 0 Å². The van der Waals surface area contributed by atoms with Gasteiger partial charge in [0.2, 0.25) is 0 Å². The molecule has 0 bridgehead atoms. The number of hydrogen-bond acceptors (Lipinski definition) is 5. The smallest absolute Gasteiger partial charge is 0.184 e. The molecule has 2 heterocycles. The first-order valence-electron chi connectivity index (χ1n) is 6.96. The molecule has 6 atom stereocenters. The number of methoxy groups -OCH3 is 1. The summed E-state index contributed by atoms with van der Waals surface area (Å²) in [7, 11) is 1.61. The van der Waals surface area contributed by atoms with E-state index in [0.29, 0.717) is 6.61 Å².